The van der Waals surface area contributed by atoms with Crippen molar-refractivity contribution < 1.29 is 17.9 Å². The highest BCUT2D eigenvalue weighted by molar-refractivity contribution is 7.92. The van der Waals surface area contributed by atoms with E-state index < -0.39 is 15.9 Å². The lowest BCUT2D eigenvalue weighted by molar-refractivity contribution is 0.0946. The SMILES string of the molecule is Cc1ccc(NS(=O)(=O)c2cc(C(=O)NCCOc3cc(C)cc(C)c3)ccc2Cl)cc1. The maximum absolute atomic E-state index is 12.8. The molecule has 0 bridgehead atoms. The molecule has 0 aliphatic heterocycles. The molecular weight excluding hydrogens is 448 g/mol. The summed E-state index contributed by atoms with van der Waals surface area (Å²) in [5.74, 6) is 0.316. The van der Waals surface area contributed by atoms with Gasteiger partial charge in [0.1, 0.15) is 17.3 Å². The number of hydrogen-bond donors (Lipinski definition) is 2. The molecule has 0 heterocycles. The fourth-order valence-corrected chi connectivity index (χ4v) is 4.72. The van der Waals surface area contributed by atoms with Crippen LogP contribution in [0.4, 0.5) is 5.69 Å². The number of amides is 1. The van der Waals surface area contributed by atoms with Crippen LogP contribution in [0.5, 0.6) is 5.75 Å². The second kappa shape index (κ2) is 10.1. The van der Waals surface area contributed by atoms with Gasteiger partial charge in [-0.25, -0.2) is 8.42 Å². The van der Waals surface area contributed by atoms with Crippen LogP contribution in [0.2, 0.25) is 5.02 Å². The zero-order valence-corrected chi connectivity index (χ0v) is 19.7. The molecule has 0 aliphatic carbocycles. The second-order valence-electron chi connectivity index (χ2n) is 7.54. The molecule has 2 N–H and O–H groups in total. The lowest BCUT2D eigenvalue weighted by atomic mass is 10.1. The highest BCUT2D eigenvalue weighted by atomic mass is 35.5. The summed E-state index contributed by atoms with van der Waals surface area (Å²) in [6, 6.07) is 16.9. The van der Waals surface area contributed by atoms with Crippen LogP contribution in [0.15, 0.2) is 65.6 Å². The molecule has 0 saturated carbocycles. The monoisotopic (exact) mass is 472 g/mol. The van der Waals surface area contributed by atoms with Crippen molar-refractivity contribution in [2.45, 2.75) is 25.7 Å². The summed E-state index contributed by atoms with van der Waals surface area (Å²) in [6.45, 7) is 6.42. The molecule has 168 valence electrons. The summed E-state index contributed by atoms with van der Waals surface area (Å²) in [7, 11) is -3.97. The van der Waals surface area contributed by atoms with Gasteiger partial charge in [0.15, 0.2) is 0 Å². The molecule has 0 fully saturated rings. The number of aryl methyl sites for hydroxylation is 3. The molecule has 32 heavy (non-hydrogen) atoms. The van der Waals surface area contributed by atoms with Gasteiger partial charge in [0.05, 0.1) is 11.6 Å². The van der Waals surface area contributed by atoms with Crippen LogP contribution >= 0.6 is 11.6 Å². The minimum absolute atomic E-state index is 0.0271. The van der Waals surface area contributed by atoms with Gasteiger partial charge in [-0.2, -0.15) is 0 Å². The van der Waals surface area contributed by atoms with Crippen molar-refractivity contribution in [3.8, 4) is 5.75 Å². The summed E-state index contributed by atoms with van der Waals surface area (Å²) in [5.41, 5.74) is 3.79. The minimum atomic E-state index is -3.97. The molecule has 0 aromatic heterocycles. The highest BCUT2D eigenvalue weighted by Crippen LogP contribution is 2.25. The van der Waals surface area contributed by atoms with Crippen molar-refractivity contribution in [2.75, 3.05) is 17.9 Å². The van der Waals surface area contributed by atoms with Crippen molar-refractivity contribution >= 4 is 33.2 Å². The van der Waals surface area contributed by atoms with Crippen LogP contribution in [0, 0.1) is 20.8 Å². The van der Waals surface area contributed by atoms with E-state index in [1.165, 1.54) is 18.2 Å². The first-order valence-corrected chi connectivity index (χ1v) is 11.9. The van der Waals surface area contributed by atoms with Crippen LogP contribution in [0.25, 0.3) is 0 Å². The first-order valence-electron chi connectivity index (χ1n) is 10.0. The molecule has 0 radical (unpaired) electrons. The Bertz CT molecular complexity index is 1200. The Morgan fingerprint density at radius 1 is 0.906 bits per heavy atom. The third-order valence-corrected chi connectivity index (χ3v) is 6.50. The number of carbonyl (C=O) groups is 1. The molecule has 0 spiro atoms. The number of halogens is 1. The summed E-state index contributed by atoms with van der Waals surface area (Å²) >= 11 is 6.13. The van der Waals surface area contributed by atoms with Gasteiger partial charge < -0.3 is 10.1 Å². The molecule has 3 aromatic carbocycles. The molecule has 6 nitrogen and oxygen atoms in total. The van der Waals surface area contributed by atoms with Gasteiger partial charge in [0, 0.05) is 11.3 Å². The summed E-state index contributed by atoms with van der Waals surface area (Å²) < 4.78 is 33.8. The Kier molecular flexibility index (Phi) is 7.43. The van der Waals surface area contributed by atoms with Crippen molar-refractivity contribution in [2.24, 2.45) is 0 Å². The van der Waals surface area contributed by atoms with E-state index in [0.717, 1.165) is 22.4 Å². The van der Waals surface area contributed by atoms with Gasteiger partial charge in [0.25, 0.3) is 15.9 Å². The van der Waals surface area contributed by atoms with Crippen LogP contribution in [-0.2, 0) is 10.0 Å². The predicted molar refractivity (Wildman–Crippen MR) is 127 cm³/mol. The van der Waals surface area contributed by atoms with E-state index in [-0.39, 0.29) is 28.6 Å². The molecule has 0 unspecified atom stereocenters. The molecule has 8 heteroatoms. The van der Waals surface area contributed by atoms with Gasteiger partial charge >= 0.3 is 0 Å². The van der Waals surface area contributed by atoms with Crippen LogP contribution in [0.3, 0.4) is 0 Å². The third-order valence-electron chi connectivity index (χ3n) is 4.64. The molecule has 0 saturated heterocycles. The minimum Gasteiger partial charge on any atom is -0.492 e. The van der Waals surface area contributed by atoms with E-state index in [1.807, 2.05) is 32.9 Å². The number of ether oxygens (including phenoxy) is 1. The third kappa shape index (κ3) is 6.24. The van der Waals surface area contributed by atoms with E-state index in [2.05, 4.69) is 16.1 Å². The van der Waals surface area contributed by atoms with Crippen molar-refractivity contribution in [1.82, 2.24) is 5.32 Å². The quantitative estimate of drug-likeness (QED) is 0.458. The number of carbonyl (C=O) groups excluding carboxylic acids is 1. The zero-order valence-electron chi connectivity index (χ0n) is 18.1. The van der Waals surface area contributed by atoms with Crippen molar-refractivity contribution in [3.05, 3.63) is 87.9 Å². The average molecular weight is 473 g/mol. The fraction of sp³-hybridized carbons (Fsp3) is 0.208. The van der Waals surface area contributed by atoms with Gasteiger partial charge in [-0.1, -0.05) is 35.4 Å². The van der Waals surface area contributed by atoms with E-state index in [1.54, 1.807) is 24.3 Å². The zero-order chi connectivity index (χ0) is 23.3. The Balaban J connectivity index is 1.64. The topological polar surface area (TPSA) is 84.5 Å². The van der Waals surface area contributed by atoms with E-state index in [0.29, 0.717) is 5.69 Å². The normalized spacial score (nSPS) is 11.1. The first-order chi connectivity index (χ1) is 15.1. The Hall–Kier alpha value is -3.03. The summed E-state index contributed by atoms with van der Waals surface area (Å²) in [4.78, 5) is 12.4. The smallest absolute Gasteiger partial charge is 0.263 e. The van der Waals surface area contributed by atoms with Gasteiger partial charge in [0.2, 0.25) is 0 Å². The lowest BCUT2D eigenvalue weighted by Crippen LogP contribution is -2.28. The Morgan fingerprint density at radius 3 is 2.22 bits per heavy atom. The fourth-order valence-electron chi connectivity index (χ4n) is 3.13. The summed E-state index contributed by atoms with van der Waals surface area (Å²) in [5, 5.41) is 2.76. The van der Waals surface area contributed by atoms with E-state index in [4.69, 9.17) is 16.3 Å². The van der Waals surface area contributed by atoms with Crippen molar-refractivity contribution in [1.29, 1.82) is 0 Å². The molecule has 3 rings (SSSR count). The molecule has 0 atom stereocenters. The maximum Gasteiger partial charge on any atom is 0.263 e. The van der Waals surface area contributed by atoms with E-state index in [9.17, 15) is 13.2 Å². The number of nitrogens with one attached hydrogen (secondary N) is 2. The maximum atomic E-state index is 12.8. The first kappa shape index (κ1) is 23.6. The number of rotatable bonds is 8. The number of anilines is 1. The standard InChI is InChI=1S/C24H25ClN2O4S/c1-16-4-7-20(8-5-16)27-32(29,30)23-15-19(6-9-22(23)25)24(28)26-10-11-31-21-13-17(2)12-18(3)14-21/h4-9,12-15,27H,10-11H2,1-3H3,(H,26,28). The Morgan fingerprint density at radius 2 is 1.56 bits per heavy atom. The summed E-state index contributed by atoms with van der Waals surface area (Å²) in [6.07, 6.45) is 0. The number of sulfonamides is 1. The highest BCUT2D eigenvalue weighted by Gasteiger charge is 2.20. The Labute approximate surface area is 193 Å². The lowest BCUT2D eigenvalue weighted by Gasteiger charge is -2.12. The van der Waals surface area contributed by atoms with Gasteiger partial charge in [-0.05, 0) is 74.4 Å². The van der Waals surface area contributed by atoms with Crippen molar-refractivity contribution in [3.63, 3.8) is 0 Å². The van der Waals surface area contributed by atoms with Crippen LogP contribution in [-0.4, -0.2) is 27.5 Å². The largest absolute Gasteiger partial charge is 0.492 e. The van der Waals surface area contributed by atoms with E-state index >= 15 is 0 Å². The van der Waals surface area contributed by atoms with Gasteiger partial charge in [-0.15, -0.1) is 0 Å². The molecule has 1 amide bonds. The number of hydrogen-bond acceptors (Lipinski definition) is 4. The predicted octanol–water partition coefficient (Wildman–Crippen LogP) is 4.87. The molecule has 0 aliphatic rings. The molecular formula is C24H25ClN2O4S. The van der Waals surface area contributed by atoms with Gasteiger partial charge in [-0.3, -0.25) is 9.52 Å². The number of benzene rings is 3. The molecule has 3 aromatic rings. The second-order valence-corrected chi connectivity index (χ2v) is 9.60. The average Bonchev–Trinajstić information content (AvgIpc) is 2.72. The van der Waals surface area contributed by atoms with Crippen LogP contribution in [0.1, 0.15) is 27.0 Å². The van der Waals surface area contributed by atoms with Crippen LogP contribution < -0.4 is 14.8 Å².